The number of halogens is 3. The molecular formula is C29H34F3N7. The van der Waals surface area contributed by atoms with Gasteiger partial charge in [-0.15, -0.1) is 5.10 Å². The number of alkyl halides is 3. The van der Waals surface area contributed by atoms with Crippen molar-refractivity contribution in [1.82, 2.24) is 20.2 Å². The van der Waals surface area contributed by atoms with Gasteiger partial charge in [0, 0.05) is 31.9 Å². The number of nitriles is 1. The van der Waals surface area contributed by atoms with Gasteiger partial charge in [-0.05, 0) is 96.7 Å². The summed E-state index contributed by atoms with van der Waals surface area (Å²) in [5.41, 5.74) is 4.52. The van der Waals surface area contributed by atoms with Crippen molar-refractivity contribution in [2.45, 2.75) is 71.1 Å². The molecule has 2 aromatic carbocycles. The molecule has 0 aliphatic heterocycles. The Bertz CT molecular complexity index is 1350. The second-order valence-electron chi connectivity index (χ2n) is 10.8. The van der Waals surface area contributed by atoms with Crippen molar-refractivity contribution in [1.29, 1.82) is 5.26 Å². The number of hydrogen-bond acceptors (Lipinski definition) is 6. The topological polar surface area (TPSA) is 73.9 Å². The smallest absolute Gasteiger partial charge is 0.371 e. The lowest BCUT2D eigenvalue weighted by Crippen LogP contribution is -2.31. The van der Waals surface area contributed by atoms with Crippen molar-refractivity contribution < 1.29 is 13.2 Å². The Kier molecular flexibility index (Phi) is 7.78. The van der Waals surface area contributed by atoms with Crippen molar-refractivity contribution in [3.8, 4) is 6.07 Å². The molecule has 0 spiro atoms. The number of hydrogen-bond donors (Lipinski definition) is 0. The van der Waals surface area contributed by atoms with Gasteiger partial charge in [0.1, 0.15) is 0 Å². The summed E-state index contributed by atoms with van der Waals surface area (Å²) in [6.07, 6.45) is 3.75. The van der Waals surface area contributed by atoms with Gasteiger partial charge >= 0.3 is 6.18 Å². The molecule has 0 radical (unpaired) electrons. The maximum absolute atomic E-state index is 13.6. The molecule has 3 aromatic rings. The van der Waals surface area contributed by atoms with Gasteiger partial charge in [-0.2, -0.15) is 23.2 Å². The van der Waals surface area contributed by atoms with Crippen molar-refractivity contribution >= 4 is 11.6 Å². The van der Waals surface area contributed by atoms with E-state index in [-0.39, 0.29) is 12.1 Å². The summed E-state index contributed by atoms with van der Waals surface area (Å²) in [4.78, 5) is 5.66. The van der Waals surface area contributed by atoms with Crippen LogP contribution in [-0.2, 0) is 39.2 Å². The summed E-state index contributed by atoms with van der Waals surface area (Å²) in [7, 11) is 1.66. The predicted molar refractivity (Wildman–Crippen MR) is 143 cm³/mol. The van der Waals surface area contributed by atoms with E-state index in [9.17, 15) is 18.4 Å². The van der Waals surface area contributed by atoms with E-state index in [4.69, 9.17) is 0 Å². The molecule has 0 amide bonds. The maximum atomic E-state index is 13.6. The van der Waals surface area contributed by atoms with Crippen LogP contribution in [0.25, 0.3) is 0 Å². The number of rotatable bonds is 9. The van der Waals surface area contributed by atoms with E-state index in [1.807, 2.05) is 11.0 Å². The zero-order valence-corrected chi connectivity index (χ0v) is 22.5. The third-order valence-electron chi connectivity index (χ3n) is 7.93. The minimum atomic E-state index is -4.55. The summed E-state index contributed by atoms with van der Waals surface area (Å²) in [6.45, 7) is 4.58. The van der Waals surface area contributed by atoms with E-state index in [1.165, 1.54) is 53.4 Å². The van der Waals surface area contributed by atoms with Gasteiger partial charge < -0.3 is 9.80 Å². The highest BCUT2D eigenvalue weighted by Crippen LogP contribution is 2.35. The first-order valence-electron chi connectivity index (χ1n) is 13.7. The second-order valence-corrected chi connectivity index (χ2v) is 10.8. The number of nitrogens with zero attached hydrogens (tertiary/aromatic N) is 7. The van der Waals surface area contributed by atoms with Crippen LogP contribution in [0, 0.1) is 17.2 Å². The van der Waals surface area contributed by atoms with Crippen LogP contribution in [0.4, 0.5) is 24.8 Å². The molecule has 2 aliphatic carbocycles. The van der Waals surface area contributed by atoms with E-state index >= 15 is 0 Å². The van der Waals surface area contributed by atoms with E-state index in [1.54, 1.807) is 7.05 Å². The van der Waals surface area contributed by atoms with Crippen LogP contribution in [0.15, 0.2) is 30.3 Å². The fourth-order valence-electron chi connectivity index (χ4n) is 6.02. The number of fused-ring (bicyclic) bond motifs is 1. The molecule has 7 nitrogen and oxygen atoms in total. The first-order chi connectivity index (χ1) is 18.7. The molecule has 0 N–H and O–H groups in total. The van der Waals surface area contributed by atoms with Crippen LogP contribution in [-0.4, -0.2) is 33.3 Å². The van der Waals surface area contributed by atoms with Crippen LogP contribution in [0.2, 0.25) is 0 Å². The minimum Gasteiger partial charge on any atom is -0.371 e. The number of aromatic nitrogens is 4. The predicted octanol–water partition coefficient (Wildman–Crippen LogP) is 5.81. The van der Waals surface area contributed by atoms with Crippen LogP contribution >= 0.6 is 0 Å². The SMILES string of the molecule is CCN(CC1CCCC1)c1cc2c(cc1CN(Cc1cc(C#N)cc(C(F)(F)F)c1)c1nnn(C)n1)CCC2. The molecule has 0 atom stereocenters. The monoisotopic (exact) mass is 537 g/mol. The zero-order chi connectivity index (χ0) is 27.6. The maximum Gasteiger partial charge on any atom is 0.416 e. The van der Waals surface area contributed by atoms with E-state index in [2.05, 4.69) is 39.4 Å². The Hall–Kier alpha value is -3.61. The molecule has 10 heteroatoms. The Balaban J connectivity index is 1.52. The molecule has 0 bridgehead atoms. The molecule has 2 aliphatic rings. The van der Waals surface area contributed by atoms with Crippen LogP contribution in [0.3, 0.4) is 0 Å². The van der Waals surface area contributed by atoms with Gasteiger partial charge in [0.15, 0.2) is 0 Å². The van der Waals surface area contributed by atoms with E-state index in [0.717, 1.165) is 50.0 Å². The largest absolute Gasteiger partial charge is 0.416 e. The quantitative estimate of drug-likeness (QED) is 0.343. The minimum absolute atomic E-state index is 0.0289. The normalized spacial score (nSPS) is 15.4. The zero-order valence-electron chi connectivity index (χ0n) is 22.5. The first-order valence-corrected chi connectivity index (χ1v) is 13.7. The third-order valence-corrected chi connectivity index (χ3v) is 7.93. The Morgan fingerprint density at radius 3 is 2.38 bits per heavy atom. The summed E-state index contributed by atoms with van der Waals surface area (Å²) < 4.78 is 40.8. The van der Waals surface area contributed by atoms with Gasteiger partial charge in [-0.3, -0.25) is 0 Å². The van der Waals surface area contributed by atoms with E-state index in [0.29, 0.717) is 24.0 Å². The Morgan fingerprint density at radius 1 is 1.00 bits per heavy atom. The molecule has 0 unspecified atom stereocenters. The third kappa shape index (κ3) is 6.18. The van der Waals surface area contributed by atoms with Gasteiger partial charge in [0.05, 0.1) is 24.2 Å². The van der Waals surface area contributed by atoms with Crippen LogP contribution in [0.5, 0.6) is 0 Å². The lowest BCUT2D eigenvalue weighted by atomic mass is 10.0. The van der Waals surface area contributed by atoms with Crippen molar-refractivity contribution in [3.63, 3.8) is 0 Å². The highest BCUT2D eigenvalue weighted by molar-refractivity contribution is 5.60. The van der Waals surface area contributed by atoms with Gasteiger partial charge in [0.2, 0.25) is 0 Å². The summed E-state index contributed by atoms with van der Waals surface area (Å²) in [5.74, 6) is 1.01. The van der Waals surface area contributed by atoms with Gasteiger partial charge in [-0.25, -0.2) is 0 Å². The molecule has 39 heavy (non-hydrogen) atoms. The van der Waals surface area contributed by atoms with Gasteiger partial charge in [0.25, 0.3) is 5.95 Å². The average molecular weight is 538 g/mol. The molecule has 5 rings (SSSR count). The molecule has 1 saturated carbocycles. The van der Waals surface area contributed by atoms with Crippen molar-refractivity contribution in [2.75, 3.05) is 22.9 Å². The fourth-order valence-corrected chi connectivity index (χ4v) is 6.02. The summed E-state index contributed by atoms with van der Waals surface area (Å²) >= 11 is 0. The second kappa shape index (κ2) is 11.2. The highest BCUT2D eigenvalue weighted by Gasteiger charge is 2.32. The average Bonchev–Trinajstić information content (AvgIpc) is 3.68. The number of aryl methyl sites for hydroxylation is 3. The van der Waals surface area contributed by atoms with E-state index < -0.39 is 11.7 Å². The summed E-state index contributed by atoms with van der Waals surface area (Å²) in [6, 6.07) is 9.95. The number of anilines is 2. The first kappa shape index (κ1) is 27.0. The number of tetrazole rings is 1. The molecule has 206 valence electrons. The summed E-state index contributed by atoms with van der Waals surface area (Å²) in [5, 5.41) is 22.0. The lowest BCUT2D eigenvalue weighted by Gasteiger charge is -2.31. The Morgan fingerprint density at radius 2 is 1.74 bits per heavy atom. The molecule has 0 saturated heterocycles. The van der Waals surface area contributed by atoms with Crippen molar-refractivity contribution in [3.05, 3.63) is 63.7 Å². The van der Waals surface area contributed by atoms with Crippen molar-refractivity contribution in [2.24, 2.45) is 13.0 Å². The Labute approximate surface area is 227 Å². The molecule has 1 aromatic heterocycles. The standard InChI is InChI=1S/C29H34F3N7/c1-3-38(17-20-7-4-5-8-20)27-15-24-10-6-9-23(24)14-25(27)19-39(28-34-36-37(2)35-28)18-22-11-21(16-33)12-26(13-22)29(30,31)32/h11-15,20H,3-10,17-19H2,1-2H3. The van der Waals surface area contributed by atoms with Gasteiger partial charge in [-0.1, -0.05) is 24.0 Å². The fraction of sp³-hybridized carbons (Fsp3) is 0.517. The lowest BCUT2D eigenvalue weighted by molar-refractivity contribution is -0.137. The molecular weight excluding hydrogens is 503 g/mol. The van der Waals surface area contributed by atoms with Crippen LogP contribution in [0.1, 0.15) is 72.4 Å². The molecule has 1 heterocycles. The molecule has 1 fully saturated rings. The highest BCUT2D eigenvalue weighted by atomic mass is 19.4. The van der Waals surface area contributed by atoms with Crippen LogP contribution < -0.4 is 9.80 Å². The number of benzene rings is 2.